The SMILES string of the molecule is COc1ccc(NC(=O)Cn2c(C)ccc(C(=O)O)c2=O)cc1. The fraction of sp³-hybridized carbons (Fsp3) is 0.188. The predicted octanol–water partition coefficient (Wildman–Crippen LogP) is 1.50. The van der Waals surface area contributed by atoms with E-state index in [4.69, 9.17) is 9.84 Å². The van der Waals surface area contributed by atoms with Crippen LogP contribution in [0.2, 0.25) is 0 Å². The summed E-state index contributed by atoms with van der Waals surface area (Å²) >= 11 is 0. The molecule has 0 fully saturated rings. The number of ether oxygens (including phenoxy) is 1. The molecule has 0 bridgehead atoms. The largest absolute Gasteiger partial charge is 0.497 e. The van der Waals surface area contributed by atoms with Gasteiger partial charge in [-0.05, 0) is 43.3 Å². The van der Waals surface area contributed by atoms with Crippen LogP contribution in [0.25, 0.3) is 0 Å². The van der Waals surface area contributed by atoms with E-state index in [1.54, 1.807) is 31.2 Å². The Morgan fingerprint density at radius 2 is 1.83 bits per heavy atom. The molecule has 1 heterocycles. The third-order valence-electron chi connectivity index (χ3n) is 3.30. The number of pyridine rings is 1. The van der Waals surface area contributed by atoms with Crippen LogP contribution >= 0.6 is 0 Å². The third-order valence-corrected chi connectivity index (χ3v) is 3.30. The Morgan fingerprint density at radius 3 is 2.39 bits per heavy atom. The quantitative estimate of drug-likeness (QED) is 0.871. The summed E-state index contributed by atoms with van der Waals surface area (Å²) in [5, 5.41) is 11.6. The number of hydrogen-bond acceptors (Lipinski definition) is 4. The van der Waals surface area contributed by atoms with Crippen LogP contribution in [0.4, 0.5) is 5.69 Å². The van der Waals surface area contributed by atoms with Gasteiger partial charge in [-0.1, -0.05) is 0 Å². The number of carbonyl (C=O) groups excluding carboxylic acids is 1. The van der Waals surface area contributed by atoms with Gasteiger partial charge < -0.3 is 19.7 Å². The number of rotatable bonds is 5. The first kappa shape index (κ1) is 16.3. The van der Waals surface area contributed by atoms with Crippen molar-refractivity contribution in [3.8, 4) is 5.75 Å². The van der Waals surface area contributed by atoms with Crippen LogP contribution in [0.5, 0.6) is 5.75 Å². The molecule has 2 N–H and O–H groups in total. The fourth-order valence-corrected chi connectivity index (χ4v) is 2.05. The number of aryl methyl sites for hydroxylation is 1. The third kappa shape index (κ3) is 3.76. The Hall–Kier alpha value is -3.09. The van der Waals surface area contributed by atoms with Gasteiger partial charge in [-0.15, -0.1) is 0 Å². The summed E-state index contributed by atoms with van der Waals surface area (Å²) in [5.41, 5.74) is -0.0176. The number of aromatic nitrogens is 1. The van der Waals surface area contributed by atoms with E-state index in [2.05, 4.69) is 5.32 Å². The Kier molecular flexibility index (Phi) is 4.80. The number of hydrogen-bond donors (Lipinski definition) is 2. The molecule has 7 nitrogen and oxygen atoms in total. The number of methoxy groups -OCH3 is 1. The Balaban J connectivity index is 2.18. The van der Waals surface area contributed by atoms with Crippen LogP contribution in [0.1, 0.15) is 16.1 Å². The molecule has 0 saturated carbocycles. The second-order valence-electron chi connectivity index (χ2n) is 4.86. The molecule has 0 atom stereocenters. The maximum atomic E-state index is 12.1. The molecular weight excluding hydrogens is 300 g/mol. The topological polar surface area (TPSA) is 97.6 Å². The molecule has 120 valence electrons. The Labute approximate surface area is 132 Å². The molecule has 1 amide bonds. The second-order valence-corrected chi connectivity index (χ2v) is 4.86. The number of nitrogens with one attached hydrogen (secondary N) is 1. The molecule has 0 aliphatic rings. The van der Waals surface area contributed by atoms with E-state index >= 15 is 0 Å². The summed E-state index contributed by atoms with van der Waals surface area (Å²) in [6.45, 7) is 1.37. The van der Waals surface area contributed by atoms with Gasteiger partial charge in [-0.25, -0.2) is 4.79 Å². The van der Waals surface area contributed by atoms with Crippen molar-refractivity contribution in [2.75, 3.05) is 12.4 Å². The van der Waals surface area contributed by atoms with Crippen molar-refractivity contribution >= 4 is 17.6 Å². The van der Waals surface area contributed by atoms with E-state index in [-0.39, 0.29) is 12.1 Å². The molecule has 0 unspecified atom stereocenters. The lowest BCUT2D eigenvalue weighted by Crippen LogP contribution is -2.32. The van der Waals surface area contributed by atoms with Gasteiger partial charge in [0.15, 0.2) is 0 Å². The molecule has 2 rings (SSSR count). The average molecular weight is 316 g/mol. The summed E-state index contributed by atoms with van der Waals surface area (Å²) < 4.78 is 6.15. The summed E-state index contributed by atoms with van der Waals surface area (Å²) in [6.07, 6.45) is 0. The van der Waals surface area contributed by atoms with E-state index in [0.717, 1.165) is 4.57 Å². The highest BCUT2D eigenvalue weighted by atomic mass is 16.5. The van der Waals surface area contributed by atoms with Crippen LogP contribution in [0.3, 0.4) is 0 Å². The zero-order chi connectivity index (χ0) is 17.0. The number of aromatic carboxylic acids is 1. The molecule has 1 aromatic heterocycles. The van der Waals surface area contributed by atoms with Crippen molar-refractivity contribution in [1.29, 1.82) is 0 Å². The number of nitrogens with zero attached hydrogens (tertiary/aromatic N) is 1. The number of carboxylic acids is 1. The van der Waals surface area contributed by atoms with Crippen molar-refractivity contribution < 1.29 is 19.4 Å². The second kappa shape index (κ2) is 6.78. The molecule has 0 aliphatic carbocycles. The zero-order valence-corrected chi connectivity index (χ0v) is 12.7. The first-order valence-electron chi connectivity index (χ1n) is 6.80. The summed E-state index contributed by atoms with van der Waals surface area (Å²) in [5.74, 6) is -1.09. The molecule has 0 radical (unpaired) electrons. The van der Waals surface area contributed by atoms with E-state index < -0.39 is 17.4 Å². The number of carboxylic acid groups (broad SMARTS) is 1. The van der Waals surface area contributed by atoms with Crippen LogP contribution in [-0.2, 0) is 11.3 Å². The van der Waals surface area contributed by atoms with Gasteiger partial charge in [0.2, 0.25) is 5.91 Å². The minimum Gasteiger partial charge on any atom is -0.497 e. The number of amides is 1. The van der Waals surface area contributed by atoms with E-state index in [1.807, 2.05) is 0 Å². The lowest BCUT2D eigenvalue weighted by molar-refractivity contribution is -0.116. The Bertz CT molecular complexity index is 793. The van der Waals surface area contributed by atoms with Gasteiger partial charge in [0.25, 0.3) is 5.56 Å². The van der Waals surface area contributed by atoms with Crippen molar-refractivity contribution in [1.82, 2.24) is 4.57 Å². The number of anilines is 1. The first-order valence-corrected chi connectivity index (χ1v) is 6.80. The molecular formula is C16H16N2O5. The van der Waals surface area contributed by atoms with Crippen molar-refractivity contribution in [2.45, 2.75) is 13.5 Å². The van der Waals surface area contributed by atoms with Crippen LogP contribution in [0, 0.1) is 6.92 Å². The highest BCUT2D eigenvalue weighted by Gasteiger charge is 2.14. The Morgan fingerprint density at radius 1 is 1.17 bits per heavy atom. The van der Waals surface area contributed by atoms with E-state index in [9.17, 15) is 14.4 Å². The molecule has 7 heteroatoms. The van der Waals surface area contributed by atoms with Gasteiger partial charge >= 0.3 is 5.97 Å². The maximum absolute atomic E-state index is 12.1. The fourth-order valence-electron chi connectivity index (χ4n) is 2.05. The highest BCUT2D eigenvalue weighted by molar-refractivity contribution is 5.91. The lowest BCUT2D eigenvalue weighted by atomic mass is 10.2. The van der Waals surface area contributed by atoms with Crippen LogP contribution < -0.4 is 15.6 Å². The van der Waals surface area contributed by atoms with E-state index in [0.29, 0.717) is 17.1 Å². The van der Waals surface area contributed by atoms with Gasteiger partial charge in [-0.2, -0.15) is 0 Å². The highest BCUT2D eigenvalue weighted by Crippen LogP contribution is 2.15. The minimum absolute atomic E-state index is 0.266. The maximum Gasteiger partial charge on any atom is 0.341 e. The monoisotopic (exact) mass is 316 g/mol. The summed E-state index contributed by atoms with van der Waals surface area (Å²) in [4.78, 5) is 35.2. The lowest BCUT2D eigenvalue weighted by Gasteiger charge is -2.11. The van der Waals surface area contributed by atoms with Crippen molar-refractivity contribution in [2.24, 2.45) is 0 Å². The summed E-state index contributed by atoms with van der Waals surface area (Å²) in [6, 6.07) is 9.44. The van der Waals surface area contributed by atoms with Gasteiger partial charge in [0, 0.05) is 11.4 Å². The summed E-state index contributed by atoms with van der Waals surface area (Å²) in [7, 11) is 1.54. The van der Waals surface area contributed by atoms with Gasteiger partial charge in [0.05, 0.1) is 7.11 Å². The molecule has 2 aromatic rings. The smallest absolute Gasteiger partial charge is 0.341 e. The minimum atomic E-state index is -1.32. The van der Waals surface area contributed by atoms with E-state index in [1.165, 1.54) is 19.2 Å². The number of benzene rings is 1. The molecule has 1 aromatic carbocycles. The van der Waals surface area contributed by atoms with Crippen LogP contribution in [-0.4, -0.2) is 28.7 Å². The average Bonchev–Trinajstić information content (AvgIpc) is 2.51. The van der Waals surface area contributed by atoms with Gasteiger partial charge in [-0.3, -0.25) is 9.59 Å². The predicted molar refractivity (Wildman–Crippen MR) is 84.0 cm³/mol. The van der Waals surface area contributed by atoms with Gasteiger partial charge in [0.1, 0.15) is 17.9 Å². The molecule has 0 spiro atoms. The number of carbonyl (C=O) groups is 2. The standard InChI is InChI=1S/C16H16N2O5/c1-10-3-8-13(16(21)22)15(20)18(10)9-14(19)17-11-4-6-12(23-2)7-5-11/h3-8H,9H2,1-2H3,(H,17,19)(H,21,22). The molecule has 23 heavy (non-hydrogen) atoms. The van der Waals surface area contributed by atoms with Crippen molar-refractivity contribution in [3.63, 3.8) is 0 Å². The first-order chi connectivity index (χ1) is 10.9. The van der Waals surface area contributed by atoms with Crippen molar-refractivity contribution in [3.05, 3.63) is 58.0 Å². The van der Waals surface area contributed by atoms with Crippen LogP contribution in [0.15, 0.2) is 41.2 Å². The normalized spacial score (nSPS) is 10.2. The molecule has 0 saturated heterocycles. The zero-order valence-electron chi connectivity index (χ0n) is 12.7. The molecule has 0 aliphatic heterocycles.